The van der Waals surface area contributed by atoms with Crippen molar-refractivity contribution in [2.75, 3.05) is 0 Å². The molecule has 0 bridgehead atoms. The van der Waals surface area contributed by atoms with Gasteiger partial charge in [0.1, 0.15) is 0 Å². The van der Waals surface area contributed by atoms with Gasteiger partial charge in [-0.15, -0.1) is 0 Å². The second-order valence-corrected chi connectivity index (χ2v) is 5.67. The third kappa shape index (κ3) is 5.58. The topological polar surface area (TPSA) is 0 Å². The predicted molar refractivity (Wildman–Crippen MR) is 69.0 cm³/mol. The first-order valence-corrected chi connectivity index (χ1v) is 7.27. The van der Waals surface area contributed by atoms with E-state index in [1.165, 1.54) is 51.4 Å². The zero-order valence-electron chi connectivity index (χ0n) is 11.1. The fourth-order valence-electron chi connectivity index (χ4n) is 2.62. The molecule has 0 radical (unpaired) electrons. The van der Waals surface area contributed by atoms with Crippen molar-refractivity contribution < 1.29 is 0 Å². The SMILES string of the molecule is CCC(C)CCCCCCC1CC1CC. The second kappa shape index (κ2) is 7.30. The second-order valence-electron chi connectivity index (χ2n) is 5.67. The van der Waals surface area contributed by atoms with Gasteiger partial charge in [0.05, 0.1) is 0 Å². The lowest BCUT2D eigenvalue weighted by Crippen LogP contribution is -1.91. The Bertz CT molecular complexity index is 150. The third-order valence-corrected chi connectivity index (χ3v) is 4.31. The van der Waals surface area contributed by atoms with Gasteiger partial charge in [-0.25, -0.2) is 0 Å². The van der Waals surface area contributed by atoms with E-state index < -0.39 is 0 Å². The molecule has 1 fully saturated rings. The molecule has 0 heterocycles. The molecule has 1 aliphatic carbocycles. The molecule has 0 aliphatic heterocycles. The first-order valence-electron chi connectivity index (χ1n) is 7.27. The third-order valence-electron chi connectivity index (χ3n) is 4.31. The molecule has 0 amide bonds. The smallest absolute Gasteiger partial charge is 0.0383 e. The van der Waals surface area contributed by atoms with E-state index in [2.05, 4.69) is 20.8 Å². The van der Waals surface area contributed by atoms with E-state index in [-0.39, 0.29) is 0 Å². The van der Waals surface area contributed by atoms with Crippen LogP contribution in [0.15, 0.2) is 0 Å². The summed E-state index contributed by atoms with van der Waals surface area (Å²) in [6.07, 6.45) is 13.3. The molecule has 0 N–H and O–H groups in total. The van der Waals surface area contributed by atoms with Crippen LogP contribution in [0.3, 0.4) is 0 Å². The average molecular weight is 210 g/mol. The number of hydrogen-bond donors (Lipinski definition) is 0. The predicted octanol–water partition coefficient (Wildman–Crippen LogP) is 5.42. The average Bonchev–Trinajstić information content (AvgIpc) is 3.01. The van der Waals surface area contributed by atoms with Crippen molar-refractivity contribution in [2.45, 2.75) is 78.6 Å². The van der Waals surface area contributed by atoms with Crippen LogP contribution in [0.2, 0.25) is 0 Å². The van der Waals surface area contributed by atoms with Crippen LogP contribution in [0.1, 0.15) is 78.6 Å². The summed E-state index contributed by atoms with van der Waals surface area (Å²) in [7, 11) is 0. The first-order chi connectivity index (χ1) is 7.27. The highest BCUT2D eigenvalue weighted by atomic mass is 14.4. The van der Waals surface area contributed by atoms with Crippen molar-refractivity contribution in [3.8, 4) is 0 Å². The highest BCUT2D eigenvalue weighted by Crippen LogP contribution is 2.44. The highest BCUT2D eigenvalue weighted by molar-refractivity contribution is 4.84. The molecule has 0 aromatic carbocycles. The molecule has 3 atom stereocenters. The molecule has 90 valence electrons. The van der Waals surface area contributed by atoms with Crippen molar-refractivity contribution >= 4 is 0 Å². The van der Waals surface area contributed by atoms with Gasteiger partial charge >= 0.3 is 0 Å². The van der Waals surface area contributed by atoms with Crippen LogP contribution in [-0.4, -0.2) is 0 Å². The van der Waals surface area contributed by atoms with Crippen LogP contribution < -0.4 is 0 Å². The van der Waals surface area contributed by atoms with Gasteiger partial charge in [0, 0.05) is 0 Å². The van der Waals surface area contributed by atoms with Crippen molar-refractivity contribution in [2.24, 2.45) is 17.8 Å². The fourth-order valence-corrected chi connectivity index (χ4v) is 2.62. The molecule has 0 spiro atoms. The van der Waals surface area contributed by atoms with E-state index in [0.717, 1.165) is 17.8 Å². The summed E-state index contributed by atoms with van der Waals surface area (Å²) in [5, 5.41) is 0. The Balaban J connectivity index is 1.78. The molecule has 1 rings (SSSR count). The maximum atomic E-state index is 2.38. The minimum Gasteiger partial charge on any atom is -0.0651 e. The largest absolute Gasteiger partial charge is 0.0651 e. The molecule has 0 aromatic rings. The van der Waals surface area contributed by atoms with Gasteiger partial charge in [-0.05, 0) is 24.2 Å². The summed E-state index contributed by atoms with van der Waals surface area (Å²) in [6.45, 7) is 7.04. The summed E-state index contributed by atoms with van der Waals surface area (Å²) in [6, 6.07) is 0. The Kier molecular flexibility index (Phi) is 6.36. The van der Waals surface area contributed by atoms with Crippen molar-refractivity contribution in [3.63, 3.8) is 0 Å². The zero-order chi connectivity index (χ0) is 11.1. The maximum Gasteiger partial charge on any atom is -0.0383 e. The number of rotatable bonds is 9. The molecule has 3 unspecified atom stereocenters. The Morgan fingerprint density at radius 2 is 1.73 bits per heavy atom. The minimum absolute atomic E-state index is 0.956. The zero-order valence-corrected chi connectivity index (χ0v) is 11.1. The summed E-state index contributed by atoms with van der Waals surface area (Å²) in [5.74, 6) is 3.20. The van der Waals surface area contributed by atoms with Gasteiger partial charge in [-0.3, -0.25) is 0 Å². The maximum absolute atomic E-state index is 2.38. The molecule has 0 nitrogen and oxygen atoms in total. The summed E-state index contributed by atoms with van der Waals surface area (Å²) in [5.41, 5.74) is 0. The molecule has 0 saturated heterocycles. The number of unbranched alkanes of at least 4 members (excludes halogenated alkanes) is 3. The van der Waals surface area contributed by atoms with Crippen LogP contribution >= 0.6 is 0 Å². The van der Waals surface area contributed by atoms with Crippen LogP contribution in [0.4, 0.5) is 0 Å². The Morgan fingerprint density at radius 1 is 1.00 bits per heavy atom. The Labute approximate surface area is 96.8 Å². The highest BCUT2D eigenvalue weighted by Gasteiger charge is 2.33. The molecule has 1 aliphatic rings. The molecule has 0 aromatic heterocycles. The van der Waals surface area contributed by atoms with Gasteiger partial charge < -0.3 is 0 Å². The van der Waals surface area contributed by atoms with E-state index >= 15 is 0 Å². The van der Waals surface area contributed by atoms with Crippen LogP contribution in [0.5, 0.6) is 0 Å². The van der Waals surface area contributed by atoms with Crippen LogP contribution in [0.25, 0.3) is 0 Å². The molecule has 15 heavy (non-hydrogen) atoms. The Hall–Kier alpha value is 0. The number of hydrogen-bond acceptors (Lipinski definition) is 0. The standard InChI is InChI=1S/C15H30/c1-4-13(3)10-8-6-7-9-11-15-12-14(15)5-2/h13-15H,4-12H2,1-3H3. The van der Waals surface area contributed by atoms with Gasteiger partial charge in [0.25, 0.3) is 0 Å². The van der Waals surface area contributed by atoms with Crippen LogP contribution in [0, 0.1) is 17.8 Å². The molecule has 1 saturated carbocycles. The van der Waals surface area contributed by atoms with Crippen molar-refractivity contribution in [1.29, 1.82) is 0 Å². The molecule has 0 heteroatoms. The molecular formula is C15H30. The summed E-state index contributed by atoms with van der Waals surface area (Å²) in [4.78, 5) is 0. The quantitative estimate of drug-likeness (QED) is 0.446. The summed E-state index contributed by atoms with van der Waals surface area (Å²) >= 11 is 0. The van der Waals surface area contributed by atoms with Crippen molar-refractivity contribution in [1.82, 2.24) is 0 Å². The first kappa shape index (κ1) is 13.1. The van der Waals surface area contributed by atoms with Gasteiger partial charge in [-0.1, -0.05) is 72.1 Å². The van der Waals surface area contributed by atoms with E-state index in [1.54, 1.807) is 6.42 Å². The van der Waals surface area contributed by atoms with E-state index in [4.69, 9.17) is 0 Å². The molecular weight excluding hydrogens is 180 g/mol. The lowest BCUT2D eigenvalue weighted by atomic mass is 9.99. The van der Waals surface area contributed by atoms with Crippen LogP contribution in [-0.2, 0) is 0 Å². The minimum atomic E-state index is 0.956. The van der Waals surface area contributed by atoms with Crippen molar-refractivity contribution in [3.05, 3.63) is 0 Å². The van der Waals surface area contributed by atoms with E-state index in [0.29, 0.717) is 0 Å². The summed E-state index contributed by atoms with van der Waals surface area (Å²) < 4.78 is 0. The van der Waals surface area contributed by atoms with Gasteiger partial charge in [0.15, 0.2) is 0 Å². The lowest BCUT2D eigenvalue weighted by Gasteiger charge is -2.07. The lowest BCUT2D eigenvalue weighted by molar-refractivity contribution is 0.467. The normalized spacial score (nSPS) is 26.6. The fraction of sp³-hybridized carbons (Fsp3) is 1.00. The van der Waals surface area contributed by atoms with Gasteiger partial charge in [-0.2, -0.15) is 0 Å². The Morgan fingerprint density at radius 3 is 2.33 bits per heavy atom. The monoisotopic (exact) mass is 210 g/mol. The van der Waals surface area contributed by atoms with Gasteiger partial charge in [0.2, 0.25) is 0 Å². The van der Waals surface area contributed by atoms with E-state index in [9.17, 15) is 0 Å². The van der Waals surface area contributed by atoms with E-state index in [1.807, 2.05) is 0 Å².